The van der Waals surface area contributed by atoms with Gasteiger partial charge in [0.1, 0.15) is 0 Å². The third-order valence-corrected chi connectivity index (χ3v) is 5.73. The van der Waals surface area contributed by atoms with Crippen molar-refractivity contribution in [2.45, 2.75) is 52.1 Å². The fraction of sp³-hybridized carbons (Fsp3) is 0.435. The first kappa shape index (κ1) is 20.8. The van der Waals surface area contributed by atoms with Crippen molar-refractivity contribution >= 4 is 23.0 Å². The highest BCUT2D eigenvalue weighted by atomic mass is 16.5. The summed E-state index contributed by atoms with van der Waals surface area (Å²) >= 11 is 0. The number of rotatable bonds is 5. The van der Waals surface area contributed by atoms with Crippen LogP contribution in [-0.4, -0.2) is 32.2 Å². The van der Waals surface area contributed by atoms with Gasteiger partial charge in [0, 0.05) is 23.3 Å². The summed E-state index contributed by atoms with van der Waals surface area (Å²) in [6, 6.07) is 9.93. The Morgan fingerprint density at radius 3 is 2.34 bits per heavy atom. The van der Waals surface area contributed by atoms with Crippen LogP contribution in [-0.2, 0) is 0 Å². The third kappa shape index (κ3) is 4.26. The molecule has 0 bridgehead atoms. The van der Waals surface area contributed by atoms with E-state index in [-0.39, 0.29) is 5.91 Å². The van der Waals surface area contributed by atoms with Crippen molar-refractivity contribution in [3.05, 3.63) is 41.5 Å². The Hall–Kier alpha value is -2.89. The quantitative estimate of drug-likeness (QED) is 0.720. The van der Waals surface area contributed by atoms with E-state index in [1.807, 2.05) is 12.1 Å². The number of nitrogens with zero attached hydrogens (tertiary/aromatic N) is 1. The lowest BCUT2D eigenvalue weighted by Crippen LogP contribution is -2.44. The van der Waals surface area contributed by atoms with E-state index >= 15 is 0 Å². The number of carbonyl (C=O) groups is 1. The molecule has 1 aliphatic rings. The van der Waals surface area contributed by atoms with Crippen molar-refractivity contribution in [1.82, 2.24) is 0 Å². The highest BCUT2D eigenvalue weighted by Crippen LogP contribution is 2.36. The second-order valence-electron chi connectivity index (χ2n) is 7.79. The Morgan fingerprint density at radius 1 is 1.07 bits per heavy atom. The van der Waals surface area contributed by atoms with Crippen molar-refractivity contribution < 1.29 is 14.3 Å². The number of carbonyl (C=O) groups excluding carboxylic acids is 1. The molecule has 6 nitrogen and oxygen atoms in total. The molecule has 1 fully saturated rings. The molecule has 0 spiro atoms. The average Bonchev–Trinajstić information content (AvgIpc) is 2.70. The molecule has 2 aromatic carbocycles. The van der Waals surface area contributed by atoms with Crippen molar-refractivity contribution in [3.63, 3.8) is 0 Å². The van der Waals surface area contributed by atoms with Crippen LogP contribution in [0.3, 0.4) is 0 Å². The summed E-state index contributed by atoms with van der Waals surface area (Å²) in [6.07, 6.45) is 3.58. The summed E-state index contributed by atoms with van der Waals surface area (Å²) in [5.41, 5.74) is 10.1. The Labute approximate surface area is 173 Å². The molecule has 156 valence electrons. The predicted octanol–water partition coefficient (Wildman–Crippen LogP) is 4.61. The fourth-order valence-electron chi connectivity index (χ4n) is 4.17. The third-order valence-electron chi connectivity index (χ3n) is 5.73. The number of piperidine rings is 1. The largest absolute Gasteiger partial charge is 0.493 e. The van der Waals surface area contributed by atoms with Crippen LogP contribution in [0.2, 0.25) is 0 Å². The first-order valence-electron chi connectivity index (χ1n) is 10.1. The van der Waals surface area contributed by atoms with Gasteiger partial charge in [-0.3, -0.25) is 4.79 Å². The zero-order valence-electron chi connectivity index (χ0n) is 17.9. The molecule has 6 heteroatoms. The van der Waals surface area contributed by atoms with E-state index in [9.17, 15) is 4.79 Å². The van der Waals surface area contributed by atoms with Crippen LogP contribution < -0.4 is 25.4 Å². The topological polar surface area (TPSA) is 76.8 Å². The maximum Gasteiger partial charge on any atom is 0.255 e. The van der Waals surface area contributed by atoms with E-state index in [1.54, 1.807) is 32.4 Å². The van der Waals surface area contributed by atoms with Gasteiger partial charge >= 0.3 is 0 Å². The van der Waals surface area contributed by atoms with Crippen LogP contribution >= 0.6 is 0 Å². The second-order valence-corrected chi connectivity index (χ2v) is 7.79. The average molecular weight is 398 g/mol. The number of hydrogen-bond acceptors (Lipinski definition) is 5. The molecule has 1 saturated heterocycles. The van der Waals surface area contributed by atoms with Crippen LogP contribution in [0.15, 0.2) is 30.3 Å². The van der Waals surface area contributed by atoms with E-state index in [1.165, 1.54) is 19.3 Å². The van der Waals surface area contributed by atoms with Gasteiger partial charge in [0.05, 0.1) is 25.6 Å². The van der Waals surface area contributed by atoms with Crippen LogP contribution in [0, 0.1) is 6.92 Å². The maximum atomic E-state index is 12.9. The van der Waals surface area contributed by atoms with Crippen LogP contribution in [0.25, 0.3) is 0 Å². The van der Waals surface area contributed by atoms with Crippen molar-refractivity contribution in [3.8, 4) is 11.5 Å². The number of aryl methyl sites for hydroxylation is 1. The summed E-state index contributed by atoms with van der Waals surface area (Å²) in [6.45, 7) is 6.58. The van der Waals surface area contributed by atoms with Gasteiger partial charge in [-0.2, -0.15) is 0 Å². The molecule has 0 aromatic heterocycles. The highest BCUT2D eigenvalue weighted by Gasteiger charge is 2.26. The van der Waals surface area contributed by atoms with Gasteiger partial charge in [0.15, 0.2) is 11.5 Å². The zero-order chi connectivity index (χ0) is 21.1. The number of ether oxygens (including phenoxy) is 2. The zero-order valence-corrected chi connectivity index (χ0v) is 17.9. The summed E-state index contributed by atoms with van der Waals surface area (Å²) in [5.74, 6) is 0.843. The molecule has 1 aliphatic heterocycles. The molecule has 0 saturated carbocycles. The van der Waals surface area contributed by atoms with Crippen LogP contribution in [0.1, 0.15) is 49.0 Å². The van der Waals surface area contributed by atoms with Crippen molar-refractivity contribution in [2.24, 2.45) is 0 Å². The number of hydrogen-bond donors (Lipinski definition) is 2. The molecule has 3 rings (SSSR count). The van der Waals surface area contributed by atoms with Gasteiger partial charge in [0.2, 0.25) is 0 Å². The van der Waals surface area contributed by atoms with Crippen molar-refractivity contribution in [1.29, 1.82) is 0 Å². The van der Waals surface area contributed by atoms with Crippen molar-refractivity contribution in [2.75, 3.05) is 30.2 Å². The lowest BCUT2D eigenvalue weighted by atomic mass is 9.95. The minimum atomic E-state index is -0.243. The van der Waals surface area contributed by atoms with Gasteiger partial charge < -0.3 is 25.4 Å². The molecule has 2 aromatic rings. The second kappa shape index (κ2) is 8.64. The Kier molecular flexibility index (Phi) is 6.20. The Bertz CT molecular complexity index is 887. The summed E-state index contributed by atoms with van der Waals surface area (Å²) < 4.78 is 10.5. The van der Waals surface area contributed by atoms with Gasteiger partial charge in [-0.25, -0.2) is 0 Å². The van der Waals surface area contributed by atoms with Crippen LogP contribution in [0.5, 0.6) is 11.5 Å². The van der Waals surface area contributed by atoms with Gasteiger partial charge in [0.25, 0.3) is 5.91 Å². The Balaban J connectivity index is 1.90. The predicted molar refractivity (Wildman–Crippen MR) is 118 cm³/mol. The monoisotopic (exact) mass is 397 g/mol. The molecule has 3 N–H and O–H groups in total. The number of nitrogen functional groups attached to an aromatic ring is 1. The molecular weight excluding hydrogens is 366 g/mol. The number of methoxy groups -OCH3 is 2. The number of anilines is 3. The van der Waals surface area contributed by atoms with E-state index in [0.29, 0.717) is 40.5 Å². The minimum absolute atomic E-state index is 0.243. The number of benzene rings is 2. The van der Waals surface area contributed by atoms with E-state index < -0.39 is 0 Å². The summed E-state index contributed by atoms with van der Waals surface area (Å²) in [5, 5.41) is 2.96. The van der Waals surface area contributed by atoms with E-state index in [2.05, 4.69) is 31.0 Å². The molecular formula is C23H31N3O3. The standard InChI is InChI=1S/C23H31N3O3/c1-14-11-18(24)19(13-20(14)26-15(2)7-6-8-16(26)3)25-23(27)17-9-10-21(28-4)22(12-17)29-5/h9-13,15-16H,6-8,24H2,1-5H3,(H,25,27)/t15-,16-/m1/s1. The van der Waals surface area contributed by atoms with E-state index in [0.717, 1.165) is 11.3 Å². The molecule has 1 amide bonds. The molecule has 0 radical (unpaired) electrons. The SMILES string of the molecule is COc1ccc(C(=O)Nc2cc(N3[C@H](C)CCC[C@H]3C)c(C)cc2N)cc1OC. The number of amides is 1. The summed E-state index contributed by atoms with van der Waals surface area (Å²) in [7, 11) is 3.11. The molecule has 0 unspecified atom stereocenters. The first-order valence-corrected chi connectivity index (χ1v) is 10.1. The maximum absolute atomic E-state index is 12.9. The fourth-order valence-corrected chi connectivity index (χ4v) is 4.17. The number of nitrogens with one attached hydrogen (secondary N) is 1. The Morgan fingerprint density at radius 2 is 1.72 bits per heavy atom. The smallest absolute Gasteiger partial charge is 0.255 e. The molecule has 29 heavy (non-hydrogen) atoms. The van der Waals surface area contributed by atoms with Gasteiger partial charge in [-0.1, -0.05) is 0 Å². The highest BCUT2D eigenvalue weighted by molar-refractivity contribution is 6.06. The lowest BCUT2D eigenvalue weighted by Gasteiger charge is -2.42. The lowest BCUT2D eigenvalue weighted by molar-refractivity contribution is 0.102. The minimum Gasteiger partial charge on any atom is -0.493 e. The number of nitrogens with two attached hydrogens (primary N) is 1. The molecule has 2 atom stereocenters. The van der Waals surface area contributed by atoms with Gasteiger partial charge in [-0.05, 0) is 75.9 Å². The molecule has 1 heterocycles. The summed E-state index contributed by atoms with van der Waals surface area (Å²) in [4.78, 5) is 15.3. The van der Waals surface area contributed by atoms with E-state index in [4.69, 9.17) is 15.2 Å². The molecule has 0 aliphatic carbocycles. The normalized spacial score (nSPS) is 19.0. The van der Waals surface area contributed by atoms with Gasteiger partial charge in [-0.15, -0.1) is 0 Å². The van der Waals surface area contributed by atoms with Crippen LogP contribution in [0.4, 0.5) is 17.1 Å². The first-order chi connectivity index (χ1) is 13.8.